The molecular formula is C18H16BrN3OS2. The highest BCUT2D eigenvalue weighted by atomic mass is 79.9. The second-order valence-electron chi connectivity index (χ2n) is 5.53. The van der Waals surface area contributed by atoms with Crippen LogP contribution in [0.2, 0.25) is 0 Å². The van der Waals surface area contributed by atoms with Crippen LogP contribution in [0.25, 0.3) is 0 Å². The predicted molar refractivity (Wildman–Crippen MR) is 107 cm³/mol. The molecule has 7 heteroatoms. The third kappa shape index (κ3) is 4.68. The predicted octanol–water partition coefficient (Wildman–Crippen LogP) is 5.46. The van der Waals surface area contributed by atoms with Gasteiger partial charge in [-0.05, 0) is 53.0 Å². The van der Waals surface area contributed by atoms with Crippen LogP contribution in [0.5, 0.6) is 0 Å². The fourth-order valence-corrected chi connectivity index (χ4v) is 4.50. The summed E-state index contributed by atoms with van der Waals surface area (Å²) in [6.07, 6.45) is 0. The molecule has 0 bridgehead atoms. The second-order valence-corrected chi connectivity index (χ2v) is 8.58. The average Bonchev–Trinajstić information content (AvgIpc) is 3.03. The van der Waals surface area contributed by atoms with Gasteiger partial charge in [0.25, 0.3) is 5.91 Å². The third-order valence-corrected chi connectivity index (χ3v) is 6.31. The minimum atomic E-state index is -0.199. The van der Waals surface area contributed by atoms with Crippen molar-refractivity contribution in [3.63, 3.8) is 0 Å². The number of nitrogens with zero attached hydrogens (tertiary/aromatic N) is 2. The maximum Gasteiger partial charge on any atom is 0.258 e. The minimum absolute atomic E-state index is 0.199. The lowest BCUT2D eigenvalue weighted by Crippen LogP contribution is -2.12. The number of halogens is 1. The Morgan fingerprint density at radius 3 is 2.80 bits per heavy atom. The second kappa shape index (κ2) is 8.12. The van der Waals surface area contributed by atoms with Gasteiger partial charge in [0.1, 0.15) is 0 Å². The molecule has 0 fully saturated rings. The van der Waals surface area contributed by atoms with Crippen molar-refractivity contribution < 1.29 is 4.79 Å². The van der Waals surface area contributed by atoms with Crippen molar-refractivity contribution >= 4 is 50.1 Å². The van der Waals surface area contributed by atoms with Crippen molar-refractivity contribution in [2.24, 2.45) is 0 Å². The molecular weight excluding hydrogens is 418 g/mol. The number of nitrogens with one attached hydrogen (secondary N) is 1. The molecule has 25 heavy (non-hydrogen) atoms. The zero-order valence-electron chi connectivity index (χ0n) is 13.7. The molecule has 3 rings (SSSR count). The topological polar surface area (TPSA) is 54.9 Å². The highest BCUT2D eigenvalue weighted by molar-refractivity contribution is 9.10. The van der Waals surface area contributed by atoms with Crippen LogP contribution in [0.1, 0.15) is 27.0 Å². The standard InChI is InChI=1S/C18H16BrN3OS2/c1-11-7-8-12(2)13(9-11)10-24-18-22-21-17(25-18)20-16(23)14-5-3-4-6-15(14)19/h3-9H,10H2,1-2H3,(H,20,21,23). The molecule has 2 aromatic carbocycles. The summed E-state index contributed by atoms with van der Waals surface area (Å²) < 4.78 is 1.59. The number of hydrogen-bond acceptors (Lipinski definition) is 5. The van der Waals surface area contributed by atoms with Crippen molar-refractivity contribution in [2.75, 3.05) is 5.32 Å². The fourth-order valence-electron chi connectivity index (χ4n) is 2.22. The molecule has 4 nitrogen and oxygen atoms in total. The average molecular weight is 434 g/mol. The van der Waals surface area contributed by atoms with Gasteiger partial charge in [0.15, 0.2) is 4.34 Å². The quantitative estimate of drug-likeness (QED) is 0.428. The first-order valence-electron chi connectivity index (χ1n) is 7.61. The maximum atomic E-state index is 12.3. The van der Waals surface area contributed by atoms with Crippen LogP contribution >= 0.6 is 39.0 Å². The third-order valence-electron chi connectivity index (χ3n) is 3.60. The number of aromatic nitrogens is 2. The monoisotopic (exact) mass is 433 g/mol. The first-order chi connectivity index (χ1) is 12.0. The SMILES string of the molecule is Cc1ccc(C)c(CSc2nnc(NC(=O)c3ccccc3Br)s2)c1. The molecule has 0 atom stereocenters. The van der Waals surface area contributed by atoms with Gasteiger partial charge in [-0.25, -0.2) is 0 Å². The van der Waals surface area contributed by atoms with E-state index < -0.39 is 0 Å². The van der Waals surface area contributed by atoms with Crippen LogP contribution in [0.3, 0.4) is 0 Å². The zero-order chi connectivity index (χ0) is 17.8. The van der Waals surface area contributed by atoms with E-state index in [9.17, 15) is 4.79 Å². The summed E-state index contributed by atoms with van der Waals surface area (Å²) in [4.78, 5) is 12.3. The van der Waals surface area contributed by atoms with Gasteiger partial charge in [-0.15, -0.1) is 10.2 Å². The number of carbonyl (C=O) groups excluding carboxylic acids is 1. The van der Waals surface area contributed by atoms with Gasteiger partial charge in [-0.2, -0.15) is 0 Å². The van der Waals surface area contributed by atoms with Gasteiger partial charge in [0, 0.05) is 10.2 Å². The van der Waals surface area contributed by atoms with Crippen LogP contribution in [0.15, 0.2) is 51.3 Å². The van der Waals surface area contributed by atoms with Gasteiger partial charge in [-0.3, -0.25) is 10.1 Å². The van der Waals surface area contributed by atoms with E-state index in [4.69, 9.17) is 0 Å². The fraction of sp³-hybridized carbons (Fsp3) is 0.167. The molecule has 1 heterocycles. The molecule has 0 saturated carbocycles. The molecule has 0 radical (unpaired) electrons. The van der Waals surface area contributed by atoms with Crippen LogP contribution in [-0.2, 0) is 5.75 Å². The van der Waals surface area contributed by atoms with Crippen molar-refractivity contribution in [3.8, 4) is 0 Å². The smallest absolute Gasteiger partial charge is 0.258 e. The highest BCUT2D eigenvalue weighted by Crippen LogP contribution is 2.30. The molecule has 0 unspecified atom stereocenters. The number of carbonyl (C=O) groups is 1. The summed E-state index contributed by atoms with van der Waals surface area (Å²) in [7, 11) is 0. The van der Waals surface area contributed by atoms with Crippen molar-refractivity contribution in [1.29, 1.82) is 0 Å². The number of thioether (sulfide) groups is 1. The van der Waals surface area contributed by atoms with E-state index in [1.54, 1.807) is 17.8 Å². The first-order valence-corrected chi connectivity index (χ1v) is 10.2. The number of rotatable bonds is 5. The molecule has 3 aromatic rings. The van der Waals surface area contributed by atoms with Crippen LogP contribution in [0.4, 0.5) is 5.13 Å². The van der Waals surface area contributed by atoms with E-state index in [1.807, 2.05) is 18.2 Å². The van der Waals surface area contributed by atoms with Gasteiger partial charge in [-0.1, -0.05) is 59.0 Å². The minimum Gasteiger partial charge on any atom is -0.296 e. The summed E-state index contributed by atoms with van der Waals surface area (Å²) in [6.45, 7) is 4.20. The van der Waals surface area contributed by atoms with E-state index in [0.29, 0.717) is 10.7 Å². The summed E-state index contributed by atoms with van der Waals surface area (Å²) in [6, 6.07) is 13.7. The summed E-state index contributed by atoms with van der Waals surface area (Å²) >= 11 is 6.39. The zero-order valence-corrected chi connectivity index (χ0v) is 17.0. The first kappa shape index (κ1) is 18.1. The lowest BCUT2D eigenvalue weighted by atomic mass is 10.1. The molecule has 1 N–H and O–H groups in total. The Morgan fingerprint density at radius 2 is 2.00 bits per heavy atom. The Bertz CT molecular complexity index is 911. The van der Waals surface area contributed by atoms with Gasteiger partial charge < -0.3 is 0 Å². The lowest BCUT2D eigenvalue weighted by Gasteiger charge is -2.05. The Morgan fingerprint density at radius 1 is 1.20 bits per heavy atom. The van der Waals surface area contributed by atoms with Crippen molar-refractivity contribution in [2.45, 2.75) is 23.9 Å². The molecule has 128 valence electrons. The molecule has 0 saturated heterocycles. The van der Waals surface area contributed by atoms with Crippen LogP contribution in [0, 0.1) is 13.8 Å². The summed E-state index contributed by atoms with van der Waals surface area (Å²) in [5.41, 5.74) is 4.38. The van der Waals surface area contributed by atoms with Crippen LogP contribution < -0.4 is 5.32 Å². The number of aryl methyl sites for hydroxylation is 2. The van der Waals surface area contributed by atoms with E-state index in [0.717, 1.165) is 14.6 Å². The van der Waals surface area contributed by atoms with E-state index in [2.05, 4.69) is 63.5 Å². The number of hydrogen-bond donors (Lipinski definition) is 1. The molecule has 0 aliphatic carbocycles. The van der Waals surface area contributed by atoms with Crippen LogP contribution in [-0.4, -0.2) is 16.1 Å². The molecule has 1 amide bonds. The Hall–Kier alpha value is -1.70. The summed E-state index contributed by atoms with van der Waals surface area (Å²) in [5, 5.41) is 11.5. The maximum absolute atomic E-state index is 12.3. The summed E-state index contributed by atoms with van der Waals surface area (Å²) in [5.74, 6) is 0.634. The van der Waals surface area contributed by atoms with Gasteiger partial charge in [0.2, 0.25) is 5.13 Å². The number of anilines is 1. The van der Waals surface area contributed by atoms with Crippen molar-refractivity contribution in [3.05, 3.63) is 69.2 Å². The normalized spacial score (nSPS) is 10.7. The molecule has 1 aromatic heterocycles. The Labute approximate surface area is 163 Å². The number of amides is 1. The lowest BCUT2D eigenvalue weighted by molar-refractivity contribution is 0.102. The molecule has 0 spiro atoms. The van der Waals surface area contributed by atoms with Gasteiger partial charge >= 0.3 is 0 Å². The molecule has 0 aliphatic rings. The molecule has 0 aliphatic heterocycles. The largest absolute Gasteiger partial charge is 0.296 e. The van der Waals surface area contributed by atoms with Crippen molar-refractivity contribution in [1.82, 2.24) is 10.2 Å². The van der Waals surface area contributed by atoms with E-state index in [1.165, 1.54) is 28.0 Å². The Kier molecular flexibility index (Phi) is 5.88. The Balaban J connectivity index is 1.64. The number of benzene rings is 2. The van der Waals surface area contributed by atoms with Gasteiger partial charge in [0.05, 0.1) is 5.56 Å². The van der Waals surface area contributed by atoms with E-state index in [-0.39, 0.29) is 5.91 Å². The highest BCUT2D eigenvalue weighted by Gasteiger charge is 2.13. The van der Waals surface area contributed by atoms with E-state index >= 15 is 0 Å².